The van der Waals surface area contributed by atoms with E-state index in [1.807, 2.05) is 0 Å². The lowest BCUT2D eigenvalue weighted by atomic mass is 10.2. The zero-order valence-corrected chi connectivity index (χ0v) is 11.2. The Labute approximate surface area is 112 Å². The van der Waals surface area contributed by atoms with Crippen molar-refractivity contribution in [1.29, 1.82) is 0 Å². The van der Waals surface area contributed by atoms with Crippen molar-refractivity contribution in [3.8, 4) is 0 Å². The molecule has 0 radical (unpaired) electrons. The van der Waals surface area contributed by atoms with Crippen LogP contribution in [0.5, 0.6) is 0 Å². The minimum atomic E-state index is 0.191. The number of halogens is 1. The molecule has 0 aromatic carbocycles. The monoisotopic (exact) mass is 268 g/mol. The van der Waals surface area contributed by atoms with E-state index in [4.69, 9.17) is 11.6 Å². The normalized spacial score (nSPS) is 17.7. The van der Waals surface area contributed by atoms with Crippen molar-refractivity contribution in [3.05, 3.63) is 17.0 Å². The number of nitrogens with zero attached hydrogens (tertiary/aromatic N) is 3. The van der Waals surface area contributed by atoms with Crippen molar-refractivity contribution in [3.63, 3.8) is 0 Å². The Bertz CT molecular complexity index is 421. The Morgan fingerprint density at radius 3 is 2.89 bits per heavy atom. The molecule has 2 heterocycles. The topological polar surface area (TPSA) is 58.1 Å². The highest BCUT2D eigenvalue weighted by atomic mass is 35.5. The summed E-state index contributed by atoms with van der Waals surface area (Å²) in [5.74, 6) is 0.510. The fraction of sp³-hybridized carbons (Fsp3) is 0.583. The molecule has 1 fully saturated rings. The number of aldehydes is 1. The summed E-state index contributed by atoms with van der Waals surface area (Å²) < 4.78 is 0. The highest BCUT2D eigenvalue weighted by molar-refractivity contribution is 6.32. The summed E-state index contributed by atoms with van der Waals surface area (Å²) in [7, 11) is 0. The molecule has 1 saturated heterocycles. The second-order valence-corrected chi connectivity index (χ2v) is 4.88. The van der Waals surface area contributed by atoms with Crippen LogP contribution in [-0.4, -0.2) is 46.8 Å². The molecule has 1 aliphatic rings. The maximum Gasteiger partial charge on any atom is 0.156 e. The molecule has 0 saturated carbocycles. The van der Waals surface area contributed by atoms with Gasteiger partial charge in [0.05, 0.1) is 5.56 Å². The summed E-state index contributed by atoms with van der Waals surface area (Å²) >= 11 is 5.84. The van der Waals surface area contributed by atoms with Crippen LogP contribution in [0.2, 0.25) is 5.15 Å². The molecule has 6 heteroatoms. The molecule has 1 aliphatic heterocycles. The molecule has 0 aliphatic carbocycles. The number of nitrogens with one attached hydrogen (secondary N) is 1. The van der Waals surface area contributed by atoms with Gasteiger partial charge in [0.25, 0.3) is 0 Å². The Balaban J connectivity index is 1.97. The fourth-order valence-corrected chi connectivity index (χ4v) is 2.35. The van der Waals surface area contributed by atoms with E-state index in [0.29, 0.717) is 23.7 Å². The van der Waals surface area contributed by atoms with Crippen molar-refractivity contribution >= 4 is 23.7 Å². The van der Waals surface area contributed by atoms with Crippen LogP contribution in [0.4, 0.5) is 5.82 Å². The van der Waals surface area contributed by atoms with Crippen LogP contribution in [-0.2, 0) is 0 Å². The van der Waals surface area contributed by atoms with Crippen molar-refractivity contribution in [1.82, 2.24) is 14.9 Å². The quantitative estimate of drug-likeness (QED) is 0.652. The number of carbonyl (C=O) groups is 1. The first-order chi connectivity index (χ1) is 8.72. The molecule has 5 nitrogen and oxygen atoms in total. The minimum absolute atomic E-state index is 0.191. The van der Waals surface area contributed by atoms with Gasteiger partial charge < -0.3 is 5.32 Å². The van der Waals surface area contributed by atoms with Gasteiger partial charge in [-0.15, -0.1) is 0 Å². The number of aromatic nitrogens is 2. The third-order valence-electron chi connectivity index (χ3n) is 3.28. The summed E-state index contributed by atoms with van der Waals surface area (Å²) in [5, 5.41) is 3.36. The van der Waals surface area contributed by atoms with Gasteiger partial charge in [0.2, 0.25) is 0 Å². The Hall–Kier alpha value is -1.20. The standard InChI is InChI=1S/C12H17ClN4O/c1-9(17-4-2-3-5-17)6-14-12-10(7-18)11(13)15-8-16-12/h7-9H,2-6H2,1H3,(H,14,15,16). The van der Waals surface area contributed by atoms with Gasteiger partial charge in [-0.05, 0) is 32.9 Å². The maximum absolute atomic E-state index is 10.9. The lowest BCUT2D eigenvalue weighted by Crippen LogP contribution is -2.35. The summed E-state index contributed by atoms with van der Waals surface area (Å²) in [6, 6.07) is 0.417. The van der Waals surface area contributed by atoms with Crippen LogP contribution in [0, 0.1) is 0 Å². The third kappa shape index (κ3) is 2.97. The first kappa shape index (κ1) is 13.2. The van der Waals surface area contributed by atoms with Crippen molar-refractivity contribution < 1.29 is 4.79 Å². The largest absolute Gasteiger partial charge is 0.368 e. The molecular formula is C12H17ClN4O. The molecular weight excluding hydrogens is 252 g/mol. The SMILES string of the molecule is CC(CNc1ncnc(Cl)c1C=O)N1CCCC1. The van der Waals surface area contributed by atoms with Crippen molar-refractivity contribution in [2.75, 3.05) is 25.0 Å². The van der Waals surface area contributed by atoms with E-state index in [9.17, 15) is 4.79 Å². The summed E-state index contributed by atoms with van der Waals surface area (Å²) in [6.07, 6.45) is 4.58. The molecule has 0 bridgehead atoms. The van der Waals surface area contributed by atoms with Crippen LogP contribution in [0.15, 0.2) is 6.33 Å². The summed E-state index contributed by atoms with van der Waals surface area (Å²) in [5.41, 5.74) is 0.327. The molecule has 98 valence electrons. The molecule has 2 rings (SSSR count). The molecule has 1 atom stereocenters. The van der Waals surface area contributed by atoms with Gasteiger partial charge >= 0.3 is 0 Å². The Morgan fingerprint density at radius 2 is 2.22 bits per heavy atom. The highest BCUT2D eigenvalue weighted by Gasteiger charge is 2.18. The van der Waals surface area contributed by atoms with Gasteiger partial charge in [-0.25, -0.2) is 9.97 Å². The van der Waals surface area contributed by atoms with Gasteiger partial charge in [-0.1, -0.05) is 11.6 Å². The number of likely N-dealkylation sites (tertiary alicyclic amines) is 1. The molecule has 0 amide bonds. The second kappa shape index (κ2) is 6.11. The number of carbonyl (C=O) groups excluding carboxylic acids is 1. The van der Waals surface area contributed by atoms with Gasteiger partial charge in [-0.2, -0.15) is 0 Å². The van der Waals surface area contributed by atoms with E-state index in [0.717, 1.165) is 19.6 Å². The zero-order chi connectivity index (χ0) is 13.0. The van der Waals surface area contributed by atoms with Gasteiger partial charge in [0.1, 0.15) is 17.3 Å². The maximum atomic E-state index is 10.9. The first-order valence-corrected chi connectivity index (χ1v) is 6.53. The van der Waals surface area contributed by atoms with Crippen LogP contribution in [0.3, 0.4) is 0 Å². The van der Waals surface area contributed by atoms with Crippen molar-refractivity contribution in [2.24, 2.45) is 0 Å². The zero-order valence-electron chi connectivity index (χ0n) is 10.4. The summed E-state index contributed by atoms with van der Waals surface area (Å²) in [6.45, 7) is 5.21. The molecule has 1 aromatic rings. The van der Waals surface area contributed by atoms with E-state index >= 15 is 0 Å². The molecule has 18 heavy (non-hydrogen) atoms. The van der Waals surface area contributed by atoms with E-state index < -0.39 is 0 Å². The average Bonchev–Trinajstić information content (AvgIpc) is 2.90. The second-order valence-electron chi connectivity index (χ2n) is 4.52. The van der Waals surface area contributed by atoms with Crippen LogP contribution < -0.4 is 5.32 Å². The van der Waals surface area contributed by atoms with E-state index in [-0.39, 0.29) is 5.15 Å². The third-order valence-corrected chi connectivity index (χ3v) is 3.58. The Kier molecular flexibility index (Phi) is 4.49. The molecule has 1 N–H and O–H groups in total. The Morgan fingerprint density at radius 1 is 1.50 bits per heavy atom. The lowest BCUT2D eigenvalue weighted by Gasteiger charge is -2.24. The highest BCUT2D eigenvalue weighted by Crippen LogP contribution is 2.18. The lowest BCUT2D eigenvalue weighted by molar-refractivity contribution is 0.112. The van der Waals surface area contributed by atoms with E-state index in [1.54, 1.807) is 0 Å². The smallest absolute Gasteiger partial charge is 0.156 e. The molecule has 1 unspecified atom stereocenters. The first-order valence-electron chi connectivity index (χ1n) is 6.16. The molecule has 1 aromatic heterocycles. The van der Waals surface area contributed by atoms with Gasteiger partial charge in [0.15, 0.2) is 6.29 Å². The van der Waals surface area contributed by atoms with Crippen LogP contribution in [0.1, 0.15) is 30.1 Å². The van der Waals surface area contributed by atoms with Crippen LogP contribution in [0.25, 0.3) is 0 Å². The fourth-order valence-electron chi connectivity index (χ4n) is 2.18. The van der Waals surface area contributed by atoms with E-state index in [1.165, 1.54) is 19.2 Å². The summed E-state index contributed by atoms with van der Waals surface area (Å²) in [4.78, 5) is 21.2. The van der Waals surface area contributed by atoms with Gasteiger partial charge in [0, 0.05) is 12.6 Å². The van der Waals surface area contributed by atoms with Crippen molar-refractivity contribution in [2.45, 2.75) is 25.8 Å². The average molecular weight is 269 g/mol. The molecule has 0 spiro atoms. The number of hydrogen-bond acceptors (Lipinski definition) is 5. The number of anilines is 1. The van der Waals surface area contributed by atoms with Crippen LogP contribution >= 0.6 is 11.6 Å². The predicted molar refractivity (Wildman–Crippen MR) is 71.2 cm³/mol. The minimum Gasteiger partial charge on any atom is -0.368 e. The predicted octanol–water partition coefficient (Wildman–Crippen LogP) is 1.84. The number of hydrogen-bond donors (Lipinski definition) is 1. The van der Waals surface area contributed by atoms with E-state index in [2.05, 4.69) is 27.1 Å². The number of rotatable bonds is 5. The van der Waals surface area contributed by atoms with Gasteiger partial charge in [-0.3, -0.25) is 9.69 Å².